The van der Waals surface area contributed by atoms with Gasteiger partial charge in [-0.25, -0.2) is 5.10 Å². The number of hydrogen-bond acceptors (Lipinski definition) is 5. The summed E-state index contributed by atoms with van der Waals surface area (Å²) in [6.45, 7) is 5.72. The summed E-state index contributed by atoms with van der Waals surface area (Å²) in [5.74, 6) is 0.765. The average molecular weight is 313 g/mol. The van der Waals surface area contributed by atoms with Crippen molar-refractivity contribution in [3.05, 3.63) is 38.0 Å². The van der Waals surface area contributed by atoms with Gasteiger partial charge in [-0.1, -0.05) is 5.16 Å². The van der Waals surface area contributed by atoms with E-state index in [2.05, 4.69) is 36.6 Å². The number of aryl methyl sites for hydroxylation is 2. The van der Waals surface area contributed by atoms with E-state index >= 15 is 0 Å². The lowest BCUT2D eigenvalue weighted by atomic mass is 10.1. The van der Waals surface area contributed by atoms with Crippen LogP contribution in [0.3, 0.4) is 0 Å². The Morgan fingerprint density at radius 1 is 1.50 bits per heavy atom. The average Bonchev–Trinajstić information content (AvgIpc) is 2.65. The van der Waals surface area contributed by atoms with Crippen molar-refractivity contribution in [1.29, 1.82) is 0 Å². The SMILES string of the molecule is Cc1noc(C)c1C(C)Nc1cn[nH]c(=O)c1Br. The molecule has 18 heavy (non-hydrogen) atoms. The van der Waals surface area contributed by atoms with E-state index < -0.39 is 0 Å². The molecule has 7 heteroatoms. The van der Waals surface area contributed by atoms with Gasteiger partial charge in [-0.3, -0.25) is 4.79 Å². The third-order valence-corrected chi connectivity index (χ3v) is 3.48. The van der Waals surface area contributed by atoms with E-state index in [0.29, 0.717) is 10.2 Å². The lowest BCUT2D eigenvalue weighted by Gasteiger charge is -2.15. The van der Waals surface area contributed by atoms with E-state index in [-0.39, 0.29) is 11.6 Å². The summed E-state index contributed by atoms with van der Waals surface area (Å²) < 4.78 is 5.55. The van der Waals surface area contributed by atoms with Crippen molar-refractivity contribution >= 4 is 21.6 Å². The van der Waals surface area contributed by atoms with Crippen LogP contribution in [-0.2, 0) is 0 Å². The van der Waals surface area contributed by atoms with Gasteiger partial charge in [0.15, 0.2) is 0 Å². The van der Waals surface area contributed by atoms with Gasteiger partial charge in [-0.2, -0.15) is 5.10 Å². The standard InChI is InChI=1S/C11H13BrN4O2/c1-5(9-6(2)16-18-7(9)3)14-8-4-13-15-11(17)10(8)12/h4-5H,1-3H3,(H2,14,15,17). The molecule has 1 unspecified atom stereocenters. The van der Waals surface area contributed by atoms with Gasteiger partial charge in [0.2, 0.25) is 0 Å². The second-order valence-corrected chi connectivity index (χ2v) is 4.82. The van der Waals surface area contributed by atoms with Crippen LogP contribution in [0.15, 0.2) is 20.0 Å². The van der Waals surface area contributed by atoms with E-state index in [1.165, 1.54) is 0 Å². The van der Waals surface area contributed by atoms with Crippen LogP contribution in [0, 0.1) is 13.8 Å². The molecule has 6 nitrogen and oxygen atoms in total. The summed E-state index contributed by atoms with van der Waals surface area (Å²) >= 11 is 3.22. The Morgan fingerprint density at radius 3 is 2.83 bits per heavy atom. The van der Waals surface area contributed by atoms with Crippen molar-refractivity contribution in [3.63, 3.8) is 0 Å². The number of halogens is 1. The van der Waals surface area contributed by atoms with Crippen LogP contribution in [0.5, 0.6) is 0 Å². The Bertz CT molecular complexity index is 600. The summed E-state index contributed by atoms with van der Waals surface area (Å²) in [7, 11) is 0. The Kier molecular flexibility index (Phi) is 3.51. The lowest BCUT2D eigenvalue weighted by Crippen LogP contribution is -2.15. The van der Waals surface area contributed by atoms with Gasteiger partial charge < -0.3 is 9.84 Å². The van der Waals surface area contributed by atoms with E-state index in [4.69, 9.17) is 4.52 Å². The number of nitrogens with zero attached hydrogens (tertiary/aromatic N) is 2. The molecule has 96 valence electrons. The number of nitrogens with one attached hydrogen (secondary N) is 2. The fraction of sp³-hybridized carbons (Fsp3) is 0.364. The molecular weight excluding hydrogens is 300 g/mol. The van der Waals surface area contributed by atoms with Crippen molar-refractivity contribution in [3.8, 4) is 0 Å². The first-order chi connectivity index (χ1) is 8.50. The minimum Gasteiger partial charge on any atom is -0.376 e. The highest BCUT2D eigenvalue weighted by atomic mass is 79.9. The van der Waals surface area contributed by atoms with Crippen LogP contribution in [0.4, 0.5) is 5.69 Å². The predicted octanol–water partition coefficient (Wildman–Crippen LogP) is 2.31. The molecule has 0 saturated carbocycles. The van der Waals surface area contributed by atoms with Crippen molar-refractivity contribution in [2.75, 3.05) is 5.32 Å². The minimum absolute atomic E-state index is 0.0313. The Balaban J connectivity index is 2.30. The van der Waals surface area contributed by atoms with Gasteiger partial charge in [-0.05, 0) is 36.7 Å². The zero-order valence-electron chi connectivity index (χ0n) is 10.2. The Hall–Kier alpha value is -1.63. The van der Waals surface area contributed by atoms with E-state index in [1.807, 2.05) is 20.8 Å². The van der Waals surface area contributed by atoms with Crippen molar-refractivity contribution in [2.45, 2.75) is 26.8 Å². The first-order valence-corrected chi connectivity index (χ1v) is 6.22. The highest BCUT2D eigenvalue weighted by Gasteiger charge is 2.17. The van der Waals surface area contributed by atoms with Gasteiger partial charge in [0.1, 0.15) is 10.2 Å². The van der Waals surface area contributed by atoms with Crippen LogP contribution in [0.1, 0.15) is 30.0 Å². The smallest absolute Gasteiger partial charge is 0.280 e. The zero-order valence-corrected chi connectivity index (χ0v) is 11.8. The van der Waals surface area contributed by atoms with Crippen molar-refractivity contribution in [2.24, 2.45) is 0 Å². The fourth-order valence-corrected chi connectivity index (χ4v) is 2.20. The molecule has 2 rings (SSSR count). The second kappa shape index (κ2) is 4.93. The van der Waals surface area contributed by atoms with Gasteiger partial charge in [-0.15, -0.1) is 0 Å². The third-order valence-electron chi connectivity index (χ3n) is 2.69. The number of anilines is 1. The molecule has 0 aromatic carbocycles. The van der Waals surface area contributed by atoms with Crippen LogP contribution < -0.4 is 10.9 Å². The molecule has 2 N–H and O–H groups in total. The molecule has 0 radical (unpaired) electrons. The second-order valence-electron chi connectivity index (χ2n) is 4.03. The van der Waals surface area contributed by atoms with E-state index in [1.54, 1.807) is 6.20 Å². The normalized spacial score (nSPS) is 12.4. The maximum absolute atomic E-state index is 11.4. The van der Waals surface area contributed by atoms with Crippen LogP contribution in [0.2, 0.25) is 0 Å². The molecule has 2 aromatic rings. The quantitative estimate of drug-likeness (QED) is 0.908. The Morgan fingerprint density at radius 2 is 2.22 bits per heavy atom. The van der Waals surface area contributed by atoms with Crippen molar-refractivity contribution < 1.29 is 4.52 Å². The summed E-state index contributed by atoms with van der Waals surface area (Å²) in [6.07, 6.45) is 1.56. The Labute approximate surface area is 112 Å². The maximum Gasteiger partial charge on any atom is 0.280 e. The molecule has 2 aromatic heterocycles. The van der Waals surface area contributed by atoms with Crippen LogP contribution in [-0.4, -0.2) is 15.4 Å². The highest BCUT2D eigenvalue weighted by molar-refractivity contribution is 9.10. The van der Waals surface area contributed by atoms with Gasteiger partial charge >= 0.3 is 0 Å². The topological polar surface area (TPSA) is 83.8 Å². The largest absolute Gasteiger partial charge is 0.376 e. The monoisotopic (exact) mass is 312 g/mol. The first kappa shape index (κ1) is 12.8. The van der Waals surface area contributed by atoms with Crippen LogP contribution in [0.25, 0.3) is 0 Å². The molecule has 2 heterocycles. The van der Waals surface area contributed by atoms with Gasteiger partial charge in [0.25, 0.3) is 5.56 Å². The molecule has 0 aliphatic heterocycles. The summed E-state index contributed by atoms with van der Waals surface area (Å²) in [6, 6.07) is -0.0313. The summed E-state index contributed by atoms with van der Waals surface area (Å²) in [5.41, 5.74) is 2.18. The van der Waals surface area contributed by atoms with Gasteiger partial charge in [0, 0.05) is 5.56 Å². The molecular formula is C11H13BrN4O2. The zero-order chi connectivity index (χ0) is 13.3. The number of aromatic nitrogens is 3. The number of aromatic amines is 1. The molecule has 0 saturated heterocycles. The predicted molar refractivity (Wildman–Crippen MR) is 70.6 cm³/mol. The number of rotatable bonds is 3. The van der Waals surface area contributed by atoms with Crippen LogP contribution >= 0.6 is 15.9 Å². The fourth-order valence-electron chi connectivity index (χ4n) is 1.90. The molecule has 0 fully saturated rings. The third kappa shape index (κ3) is 2.31. The van der Waals surface area contributed by atoms with Crippen molar-refractivity contribution in [1.82, 2.24) is 15.4 Å². The molecule has 0 aliphatic rings. The minimum atomic E-state index is -0.272. The number of hydrogen-bond donors (Lipinski definition) is 2. The lowest BCUT2D eigenvalue weighted by molar-refractivity contribution is 0.392. The summed E-state index contributed by atoms with van der Waals surface area (Å²) in [4.78, 5) is 11.4. The molecule has 0 aliphatic carbocycles. The maximum atomic E-state index is 11.4. The molecule has 1 atom stereocenters. The molecule has 0 amide bonds. The molecule has 0 bridgehead atoms. The number of H-pyrrole nitrogens is 1. The molecule has 0 spiro atoms. The van der Waals surface area contributed by atoms with E-state index in [0.717, 1.165) is 17.0 Å². The van der Waals surface area contributed by atoms with E-state index in [9.17, 15) is 4.79 Å². The van der Waals surface area contributed by atoms with Gasteiger partial charge in [0.05, 0.1) is 23.6 Å². The summed E-state index contributed by atoms with van der Waals surface area (Å²) in [5, 5.41) is 13.2. The highest BCUT2D eigenvalue weighted by Crippen LogP contribution is 2.26. The first-order valence-electron chi connectivity index (χ1n) is 5.43.